The number of benzene rings is 1. The van der Waals surface area contributed by atoms with Crippen LogP contribution in [0.15, 0.2) is 18.2 Å². The van der Waals surface area contributed by atoms with Crippen LogP contribution in [0.3, 0.4) is 0 Å². The van der Waals surface area contributed by atoms with E-state index >= 15 is 0 Å². The van der Waals surface area contributed by atoms with Crippen molar-refractivity contribution in [3.05, 3.63) is 29.6 Å². The summed E-state index contributed by atoms with van der Waals surface area (Å²) in [4.78, 5) is 0. The van der Waals surface area contributed by atoms with Crippen molar-refractivity contribution in [2.45, 2.75) is 39.3 Å². The zero-order valence-corrected chi connectivity index (χ0v) is 11.9. The smallest absolute Gasteiger partial charge is 0.419 e. The molecule has 6 heteroatoms. The number of nitriles is 1. The van der Waals surface area contributed by atoms with Gasteiger partial charge in [0.15, 0.2) is 0 Å². The van der Waals surface area contributed by atoms with Crippen LogP contribution in [0.4, 0.5) is 17.6 Å². The van der Waals surface area contributed by atoms with E-state index in [1.165, 1.54) is 6.07 Å². The minimum Gasteiger partial charge on any atom is -0.494 e. The summed E-state index contributed by atoms with van der Waals surface area (Å²) in [7, 11) is 0. The maximum absolute atomic E-state index is 13.1. The third-order valence-electron chi connectivity index (χ3n) is 3.01. The Kier molecular flexibility index (Phi) is 5.59. The summed E-state index contributed by atoms with van der Waals surface area (Å²) in [5.74, 6) is -1.33. The van der Waals surface area contributed by atoms with Crippen molar-refractivity contribution < 1.29 is 22.3 Å². The summed E-state index contributed by atoms with van der Waals surface area (Å²) >= 11 is 0. The van der Waals surface area contributed by atoms with Gasteiger partial charge < -0.3 is 4.74 Å². The Balaban J connectivity index is 2.49. The average Bonchev–Trinajstić information content (AvgIpc) is 2.39. The third-order valence-corrected chi connectivity index (χ3v) is 3.01. The lowest BCUT2D eigenvalue weighted by molar-refractivity contribution is -0.140. The van der Waals surface area contributed by atoms with Gasteiger partial charge in [-0.25, -0.2) is 4.39 Å². The number of ether oxygens (including phenoxy) is 1. The van der Waals surface area contributed by atoms with E-state index in [0.717, 1.165) is 12.5 Å². The standard InChI is InChI=1S/C15H17F4NO/c1-14(2,10-20)7-3-4-8-21-11-5-6-13(16)12(9-11)15(17,18)19/h5-6,9H,3-4,7-8H2,1-2H3. The highest BCUT2D eigenvalue weighted by atomic mass is 19.4. The molecule has 1 aromatic rings. The van der Waals surface area contributed by atoms with Crippen LogP contribution in [-0.4, -0.2) is 6.61 Å². The number of hydrogen-bond donors (Lipinski definition) is 0. The third kappa shape index (κ3) is 5.62. The second-order valence-corrected chi connectivity index (χ2v) is 5.44. The van der Waals surface area contributed by atoms with E-state index in [1.54, 1.807) is 0 Å². The lowest BCUT2D eigenvalue weighted by Crippen LogP contribution is -2.10. The van der Waals surface area contributed by atoms with Gasteiger partial charge in [-0.2, -0.15) is 18.4 Å². The number of nitrogens with zero attached hydrogens (tertiary/aromatic N) is 1. The van der Waals surface area contributed by atoms with Crippen molar-refractivity contribution in [3.63, 3.8) is 0 Å². The van der Waals surface area contributed by atoms with Crippen molar-refractivity contribution in [2.24, 2.45) is 5.41 Å². The molecule has 0 saturated carbocycles. The summed E-state index contributed by atoms with van der Waals surface area (Å²) in [6.45, 7) is 3.87. The Morgan fingerprint density at radius 3 is 2.43 bits per heavy atom. The van der Waals surface area contributed by atoms with E-state index in [1.807, 2.05) is 13.8 Å². The lowest BCUT2D eigenvalue weighted by atomic mass is 9.89. The Morgan fingerprint density at radius 1 is 1.19 bits per heavy atom. The molecule has 0 aromatic heterocycles. The van der Waals surface area contributed by atoms with E-state index in [0.29, 0.717) is 18.9 Å². The Morgan fingerprint density at radius 2 is 1.86 bits per heavy atom. The second-order valence-electron chi connectivity index (χ2n) is 5.44. The van der Waals surface area contributed by atoms with Crippen LogP contribution >= 0.6 is 0 Å². The number of hydrogen-bond acceptors (Lipinski definition) is 2. The van der Waals surface area contributed by atoms with E-state index < -0.39 is 23.0 Å². The van der Waals surface area contributed by atoms with E-state index in [9.17, 15) is 17.6 Å². The molecule has 0 bridgehead atoms. The highest BCUT2D eigenvalue weighted by Crippen LogP contribution is 2.33. The highest BCUT2D eigenvalue weighted by Gasteiger charge is 2.34. The molecule has 0 heterocycles. The molecule has 21 heavy (non-hydrogen) atoms. The molecule has 0 unspecified atom stereocenters. The molecule has 0 N–H and O–H groups in total. The fourth-order valence-corrected chi connectivity index (χ4v) is 1.73. The number of alkyl halides is 3. The first-order chi connectivity index (χ1) is 9.65. The summed E-state index contributed by atoms with van der Waals surface area (Å²) in [6.07, 6.45) is -2.71. The van der Waals surface area contributed by atoms with E-state index in [-0.39, 0.29) is 12.4 Å². The van der Waals surface area contributed by atoms with Crippen molar-refractivity contribution in [1.29, 1.82) is 5.26 Å². The van der Waals surface area contributed by atoms with Crippen molar-refractivity contribution >= 4 is 0 Å². The maximum atomic E-state index is 13.1. The Labute approximate surface area is 121 Å². The SMILES string of the molecule is CC(C)(C#N)CCCCOc1ccc(F)c(C(F)(F)F)c1. The summed E-state index contributed by atoms with van der Waals surface area (Å²) in [5.41, 5.74) is -1.75. The van der Waals surface area contributed by atoms with Crippen LogP contribution < -0.4 is 4.74 Å². The van der Waals surface area contributed by atoms with Gasteiger partial charge in [0.1, 0.15) is 11.6 Å². The molecule has 0 atom stereocenters. The predicted octanol–water partition coefficient (Wildman–Crippen LogP) is 4.94. The molecule has 0 radical (unpaired) electrons. The molecule has 0 amide bonds. The molecule has 1 rings (SSSR count). The van der Waals surface area contributed by atoms with Crippen LogP contribution in [0.2, 0.25) is 0 Å². The van der Waals surface area contributed by atoms with Crippen LogP contribution in [0.25, 0.3) is 0 Å². The van der Waals surface area contributed by atoms with Crippen LogP contribution in [-0.2, 0) is 6.18 Å². The molecule has 0 aliphatic heterocycles. The quantitative estimate of drug-likeness (QED) is 0.550. The fraction of sp³-hybridized carbons (Fsp3) is 0.533. The molecular formula is C15H17F4NO. The highest BCUT2D eigenvalue weighted by molar-refractivity contribution is 5.31. The fourth-order valence-electron chi connectivity index (χ4n) is 1.73. The van der Waals surface area contributed by atoms with Gasteiger partial charge in [-0.3, -0.25) is 0 Å². The summed E-state index contributed by atoms with van der Waals surface area (Å²) in [6, 6.07) is 4.75. The van der Waals surface area contributed by atoms with Gasteiger partial charge in [0.25, 0.3) is 0 Å². The molecule has 2 nitrogen and oxygen atoms in total. The van der Waals surface area contributed by atoms with Gasteiger partial charge in [0, 0.05) is 0 Å². The Bertz CT molecular complexity index is 517. The molecule has 1 aromatic carbocycles. The average molecular weight is 303 g/mol. The number of halogens is 4. The van der Waals surface area contributed by atoms with Crippen LogP contribution in [0.1, 0.15) is 38.7 Å². The zero-order valence-electron chi connectivity index (χ0n) is 11.9. The number of unbranched alkanes of at least 4 members (excludes halogenated alkanes) is 1. The van der Waals surface area contributed by atoms with Gasteiger partial charge in [-0.05, 0) is 51.3 Å². The minimum atomic E-state index is -4.74. The van der Waals surface area contributed by atoms with Crippen molar-refractivity contribution in [3.8, 4) is 11.8 Å². The van der Waals surface area contributed by atoms with Crippen LogP contribution in [0, 0.1) is 22.6 Å². The molecule has 0 spiro atoms. The molecule has 0 aliphatic rings. The molecule has 116 valence electrons. The van der Waals surface area contributed by atoms with Gasteiger partial charge in [-0.1, -0.05) is 0 Å². The summed E-state index contributed by atoms with van der Waals surface area (Å²) < 4.78 is 55.8. The van der Waals surface area contributed by atoms with E-state index in [2.05, 4.69) is 6.07 Å². The van der Waals surface area contributed by atoms with Gasteiger partial charge in [0.2, 0.25) is 0 Å². The van der Waals surface area contributed by atoms with Gasteiger partial charge in [-0.15, -0.1) is 0 Å². The minimum absolute atomic E-state index is 0.0109. The predicted molar refractivity (Wildman–Crippen MR) is 70.1 cm³/mol. The molecule has 0 fully saturated rings. The normalized spacial score (nSPS) is 12.0. The number of rotatable bonds is 6. The van der Waals surface area contributed by atoms with Crippen molar-refractivity contribution in [1.82, 2.24) is 0 Å². The molecular weight excluding hydrogens is 286 g/mol. The topological polar surface area (TPSA) is 33.0 Å². The van der Waals surface area contributed by atoms with Crippen molar-refractivity contribution in [2.75, 3.05) is 6.61 Å². The van der Waals surface area contributed by atoms with E-state index in [4.69, 9.17) is 10.00 Å². The first-order valence-electron chi connectivity index (χ1n) is 6.56. The molecule has 0 aliphatic carbocycles. The largest absolute Gasteiger partial charge is 0.494 e. The Hall–Kier alpha value is -1.77. The lowest BCUT2D eigenvalue weighted by Gasteiger charge is -2.15. The molecule has 0 saturated heterocycles. The van der Waals surface area contributed by atoms with Gasteiger partial charge in [0.05, 0.1) is 23.7 Å². The second kappa shape index (κ2) is 6.79. The first-order valence-corrected chi connectivity index (χ1v) is 6.56. The first kappa shape index (κ1) is 17.3. The summed E-state index contributed by atoms with van der Waals surface area (Å²) in [5, 5.41) is 8.84. The van der Waals surface area contributed by atoms with Crippen LogP contribution in [0.5, 0.6) is 5.75 Å². The van der Waals surface area contributed by atoms with Gasteiger partial charge >= 0.3 is 6.18 Å². The zero-order chi connectivity index (χ0) is 16.1. The monoisotopic (exact) mass is 303 g/mol. The maximum Gasteiger partial charge on any atom is 0.419 e.